The Hall–Kier alpha value is -1.76. The number of benzene rings is 1. The minimum absolute atomic E-state index is 0.390. The van der Waals surface area contributed by atoms with Crippen molar-refractivity contribution >= 4 is 23.7 Å². The van der Waals surface area contributed by atoms with Gasteiger partial charge in [-0.2, -0.15) is 0 Å². The third kappa shape index (κ3) is 9.93. The summed E-state index contributed by atoms with van der Waals surface area (Å²) in [7, 11) is 1.70. The number of hydrogen-bond acceptors (Lipinski definition) is 5. The summed E-state index contributed by atoms with van der Waals surface area (Å²) in [6, 6.07) is 13.1. The van der Waals surface area contributed by atoms with Gasteiger partial charge in [-0.05, 0) is 50.2 Å². The molecule has 174 valence electrons. The number of H-pyrrole nitrogens is 1. The monoisotopic (exact) mass is 447 g/mol. The fourth-order valence-electron chi connectivity index (χ4n) is 3.53. The zero-order valence-electron chi connectivity index (χ0n) is 20.3. The Morgan fingerprint density at radius 1 is 1.03 bits per heavy atom. The van der Waals surface area contributed by atoms with E-state index in [0.29, 0.717) is 12.0 Å². The van der Waals surface area contributed by atoms with Gasteiger partial charge in [0.05, 0.1) is 20.2 Å². The lowest BCUT2D eigenvalue weighted by Gasteiger charge is -2.25. The Balaban J connectivity index is 0.00000113. The minimum atomic E-state index is 0.390. The van der Waals surface area contributed by atoms with Gasteiger partial charge >= 0.3 is 0 Å². The molecule has 0 atom stereocenters. The molecule has 6 heteroatoms. The van der Waals surface area contributed by atoms with Gasteiger partial charge in [-0.15, -0.1) is 0 Å². The third-order valence-corrected chi connectivity index (χ3v) is 5.79. The highest BCUT2D eigenvalue weighted by molar-refractivity contribution is 7.94. The second-order valence-electron chi connectivity index (χ2n) is 7.37. The number of nitrogens with two attached hydrogens (primary N) is 1. The molecule has 1 aromatic heterocycles. The molecule has 0 amide bonds. The van der Waals surface area contributed by atoms with Crippen LogP contribution in [0.1, 0.15) is 64.5 Å². The smallest absolute Gasteiger partial charge is 0.235 e. The Morgan fingerprint density at radius 2 is 1.74 bits per heavy atom. The Bertz CT molecular complexity index is 733. The quantitative estimate of drug-likeness (QED) is 0.429. The minimum Gasteiger partial charge on any atom is -0.328 e. The van der Waals surface area contributed by atoms with E-state index < -0.39 is 0 Å². The van der Waals surface area contributed by atoms with Gasteiger partial charge in [0, 0.05) is 24.2 Å². The number of nitrogens with one attached hydrogen (secondary N) is 3. The molecule has 1 aromatic carbocycles. The third-order valence-electron chi connectivity index (χ3n) is 5.10. The highest BCUT2D eigenvalue weighted by Gasteiger charge is 2.20. The summed E-state index contributed by atoms with van der Waals surface area (Å²) in [6.07, 6.45) is 4.67. The summed E-state index contributed by atoms with van der Waals surface area (Å²) < 4.78 is 5.28. The van der Waals surface area contributed by atoms with Crippen molar-refractivity contribution < 1.29 is 9.17 Å². The first-order valence-corrected chi connectivity index (χ1v) is 12.4. The molecule has 3 rings (SSSR count). The molecular formula is C25H43N4OS+. The van der Waals surface area contributed by atoms with Crippen LogP contribution in [0.2, 0.25) is 0 Å². The highest BCUT2D eigenvalue weighted by atomic mass is 32.2. The Labute approximate surface area is 194 Å². The Morgan fingerprint density at radius 3 is 2.39 bits per heavy atom. The maximum atomic E-state index is 6.02. The fourth-order valence-corrected chi connectivity index (χ4v) is 4.04. The van der Waals surface area contributed by atoms with Crippen LogP contribution in [-0.4, -0.2) is 19.7 Å². The second-order valence-corrected chi connectivity index (χ2v) is 8.31. The highest BCUT2D eigenvalue weighted by Crippen LogP contribution is 2.27. The standard InChI is InChI=1S/C21H30N4OS.2C2H6/c1-15-4-3-5-17(12-15)14-23-20-11-10-19(27-26-2)21(25-20)24-13-16-6-8-18(22)9-7-16;2*1-2/h3-5,10-12,16,18H,6-9,13-14,22H2,1-2H3,(H2,23,24,25);2*1-2H3/p+1. The number of aromatic nitrogens is 1. The van der Waals surface area contributed by atoms with Crippen LogP contribution in [0.25, 0.3) is 0 Å². The molecule has 5 N–H and O–H groups in total. The summed E-state index contributed by atoms with van der Waals surface area (Å²) in [5.41, 5.74) is 8.57. The lowest BCUT2D eigenvalue weighted by molar-refractivity contribution is -0.346. The zero-order valence-corrected chi connectivity index (χ0v) is 21.1. The van der Waals surface area contributed by atoms with E-state index in [0.717, 1.165) is 42.5 Å². The van der Waals surface area contributed by atoms with Gasteiger partial charge in [-0.25, -0.2) is 4.98 Å². The number of pyridine rings is 1. The van der Waals surface area contributed by atoms with Crippen LogP contribution in [0.3, 0.4) is 0 Å². The van der Waals surface area contributed by atoms with Crippen LogP contribution in [0.15, 0.2) is 41.3 Å². The molecule has 1 fully saturated rings. The number of aryl methyl sites for hydroxylation is 1. The van der Waals surface area contributed by atoms with Gasteiger partial charge in [0.1, 0.15) is 4.90 Å². The van der Waals surface area contributed by atoms with Crippen molar-refractivity contribution in [3.63, 3.8) is 0 Å². The van der Waals surface area contributed by atoms with Gasteiger partial charge in [-0.1, -0.05) is 57.5 Å². The lowest BCUT2D eigenvalue weighted by atomic mass is 9.86. The first-order chi connectivity index (χ1) is 15.1. The van der Waals surface area contributed by atoms with Crippen LogP contribution >= 0.6 is 12.0 Å². The van der Waals surface area contributed by atoms with Crippen LogP contribution in [0.4, 0.5) is 11.6 Å². The van der Waals surface area contributed by atoms with Gasteiger partial charge in [0.2, 0.25) is 11.6 Å². The largest absolute Gasteiger partial charge is 0.328 e. The molecule has 0 radical (unpaired) electrons. The fraction of sp³-hybridized carbons (Fsp3) is 0.560. The molecule has 0 aliphatic heterocycles. The van der Waals surface area contributed by atoms with E-state index in [4.69, 9.17) is 9.92 Å². The molecule has 0 spiro atoms. The van der Waals surface area contributed by atoms with Crippen molar-refractivity contribution in [3.8, 4) is 0 Å². The second kappa shape index (κ2) is 16.0. The summed E-state index contributed by atoms with van der Waals surface area (Å²) in [4.78, 5) is 4.54. The summed E-state index contributed by atoms with van der Waals surface area (Å²) >= 11 is 1.37. The molecule has 2 aromatic rings. The Kier molecular flexibility index (Phi) is 14.0. The summed E-state index contributed by atoms with van der Waals surface area (Å²) in [5.74, 6) is 2.68. The lowest BCUT2D eigenvalue weighted by Crippen LogP contribution is -2.30. The van der Waals surface area contributed by atoms with Gasteiger partial charge in [0.25, 0.3) is 0 Å². The molecule has 0 unspecified atom stereocenters. The van der Waals surface area contributed by atoms with E-state index >= 15 is 0 Å². The first kappa shape index (κ1) is 27.3. The van der Waals surface area contributed by atoms with Crippen LogP contribution < -0.4 is 21.4 Å². The molecule has 1 aliphatic rings. The van der Waals surface area contributed by atoms with E-state index in [-0.39, 0.29) is 0 Å². The SMILES string of the molecule is CC.CC.COSc1ccc(NCc2cccc(C)c2)[nH+]c1NCC1CCC(N)CC1. The van der Waals surface area contributed by atoms with E-state index in [1.54, 1.807) is 7.11 Å². The first-order valence-electron chi connectivity index (χ1n) is 11.7. The number of hydrogen-bond donors (Lipinski definition) is 3. The van der Waals surface area contributed by atoms with Gasteiger partial charge in [-0.3, -0.25) is 0 Å². The maximum Gasteiger partial charge on any atom is 0.235 e. The number of anilines is 2. The topological polar surface area (TPSA) is 73.5 Å². The van der Waals surface area contributed by atoms with Crippen molar-refractivity contribution in [2.24, 2.45) is 11.7 Å². The molecule has 5 nitrogen and oxygen atoms in total. The van der Waals surface area contributed by atoms with E-state index in [1.807, 2.05) is 27.7 Å². The predicted octanol–water partition coefficient (Wildman–Crippen LogP) is 6.06. The van der Waals surface area contributed by atoms with Crippen LogP contribution in [0, 0.1) is 12.8 Å². The average molecular weight is 448 g/mol. The van der Waals surface area contributed by atoms with Gasteiger partial charge in [0.15, 0.2) is 0 Å². The van der Waals surface area contributed by atoms with Crippen molar-refractivity contribution in [2.75, 3.05) is 24.3 Å². The maximum absolute atomic E-state index is 6.02. The van der Waals surface area contributed by atoms with E-state index in [2.05, 4.69) is 58.9 Å². The van der Waals surface area contributed by atoms with E-state index in [1.165, 1.54) is 36.0 Å². The van der Waals surface area contributed by atoms with Crippen LogP contribution in [0.5, 0.6) is 0 Å². The predicted molar refractivity (Wildman–Crippen MR) is 135 cm³/mol. The molecule has 0 saturated heterocycles. The normalized spacial score (nSPS) is 17.5. The molecule has 1 heterocycles. The molecular weight excluding hydrogens is 404 g/mol. The van der Waals surface area contributed by atoms with E-state index in [9.17, 15) is 0 Å². The van der Waals surface area contributed by atoms with Crippen molar-refractivity contribution in [3.05, 3.63) is 47.5 Å². The van der Waals surface area contributed by atoms with Crippen molar-refractivity contribution in [1.29, 1.82) is 0 Å². The molecule has 31 heavy (non-hydrogen) atoms. The zero-order chi connectivity index (χ0) is 23.1. The number of aromatic amines is 1. The average Bonchev–Trinajstić information content (AvgIpc) is 2.81. The molecule has 1 saturated carbocycles. The number of rotatable bonds is 8. The van der Waals surface area contributed by atoms with Gasteiger partial charge < -0.3 is 20.6 Å². The summed E-state index contributed by atoms with van der Waals surface area (Å²) in [5, 5.41) is 7.07. The molecule has 1 aliphatic carbocycles. The van der Waals surface area contributed by atoms with Crippen molar-refractivity contribution in [2.45, 2.75) is 77.8 Å². The van der Waals surface area contributed by atoms with Crippen molar-refractivity contribution in [1.82, 2.24) is 0 Å². The van der Waals surface area contributed by atoms with Crippen LogP contribution in [-0.2, 0) is 10.7 Å². The molecule has 0 bridgehead atoms. The summed E-state index contributed by atoms with van der Waals surface area (Å²) in [6.45, 7) is 11.9.